The lowest BCUT2D eigenvalue weighted by atomic mass is 10.2. The van der Waals surface area contributed by atoms with Crippen molar-refractivity contribution in [2.45, 2.75) is 6.54 Å². The van der Waals surface area contributed by atoms with Crippen LogP contribution in [0.15, 0.2) is 41.3 Å². The maximum Gasteiger partial charge on any atom is 0.223 e. The molecule has 2 heterocycles. The van der Waals surface area contributed by atoms with Gasteiger partial charge in [0.25, 0.3) is 0 Å². The Bertz CT molecular complexity index is 505. The fourth-order valence-corrected chi connectivity index (χ4v) is 1.74. The van der Waals surface area contributed by atoms with Crippen LogP contribution in [-0.4, -0.2) is 17.0 Å². The van der Waals surface area contributed by atoms with Crippen LogP contribution in [0.25, 0.3) is 0 Å². The second-order valence-corrected chi connectivity index (χ2v) is 4.35. The number of aromatic nitrogens is 2. The molecule has 0 aliphatic carbocycles. The highest BCUT2D eigenvalue weighted by molar-refractivity contribution is 9.10. The minimum Gasteiger partial charge on any atom is -0.437 e. The maximum atomic E-state index is 5.70. The van der Waals surface area contributed by atoms with E-state index in [1.807, 2.05) is 25.2 Å². The van der Waals surface area contributed by atoms with Gasteiger partial charge in [-0.1, -0.05) is 6.07 Å². The van der Waals surface area contributed by atoms with Gasteiger partial charge in [-0.25, -0.2) is 4.98 Å². The van der Waals surface area contributed by atoms with E-state index < -0.39 is 0 Å². The summed E-state index contributed by atoms with van der Waals surface area (Å²) in [5, 5.41) is 3.08. The van der Waals surface area contributed by atoms with E-state index in [2.05, 4.69) is 31.2 Å². The first-order valence-electron chi connectivity index (χ1n) is 5.16. The summed E-state index contributed by atoms with van der Waals surface area (Å²) in [5.41, 5.74) is 1.01. The lowest BCUT2D eigenvalue weighted by Gasteiger charge is -2.09. The zero-order valence-corrected chi connectivity index (χ0v) is 10.9. The van der Waals surface area contributed by atoms with Gasteiger partial charge in [-0.2, -0.15) is 0 Å². The maximum absolute atomic E-state index is 5.70. The van der Waals surface area contributed by atoms with E-state index in [1.165, 1.54) is 0 Å². The van der Waals surface area contributed by atoms with Crippen molar-refractivity contribution < 1.29 is 4.74 Å². The number of pyridine rings is 2. The number of halogens is 1. The minimum absolute atomic E-state index is 0.599. The molecule has 2 aromatic heterocycles. The Hall–Kier alpha value is -1.46. The Labute approximate surface area is 108 Å². The molecular formula is C12H12BrN3O. The van der Waals surface area contributed by atoms with E-state index in [4.69, 9.17) is 4.74 Å². The monoisotopic (exact) mass is 293 g/mol. The number of hydrogen-bond acceptors (Lipinski definition) is 4. The largest absolute Gasteiger partial charge is 0.437 e. The highest BCUT2D eigenvalue weighted by Gasteiger charge is 2.05. The summed E-state index contributed by atoms with van der Waals surface area (Å²) in [7, 11) is 1.89. The van der Waals surface area contributed by atoms with Gasteiger partial charge in [0.2, 0.25) is 5.88 Å². The minimum atomic E-state index is 0.599. The van der Waals surface area contributed by atoms with Crippen molar-refractivity contribution in [1.82, 2.24) is 15.3 Å². The van der Waals surface area contributed by atoms with E-state index in [-0.39, 0.29) is 0 Å². The molecule has 1 N–H and O–H groups in total. The average Bonchev–Trinajstić information content (AvgIpc) is 2.32. The third-order valence-electron chi connectivity index (χ3n) is 2.11. The molecule has 0 saturated carbocycles. The summed E-state index contributed by atoms with van der Waals surface area (Å²) >= 11 is 3.35. The van der Waals surface area contributed by atoms with Gasteiger partial charge in [0.1, 0.15) is 5.75 Å². The van der Waals surface area contributed by atoms with Crippen LogP contribution in [0.2, 0.25) is 0 Å². The van der Waals surface area contributed by atoms with Crippen LogP contribution in [0.5, 0.6) is 11.6 Å². The van der Waals surface area contributed by atoms with Crippen molar-refractivity contribution >= 4 is 15.9 Å². The Morgan fingerprint density at radius 1 is 1.41 bits per heavy atom. The van der Waals surface area contributed by atoms with E-state index in [0.29, 0.717) is 18.2 Å². The summed E-state index contributed by atoms with van der Waals surface area (Å²) in [5.74, 6) is 1.26. The molecule has 0 aliphatic rings. The molecular weight excluding hydrogens is 282 g/mol. The van der Waals surface area contributed by atoms with Crippen molar-refractivity contribution in [2.24, 2.45) is 0 Å². The number of hydrogen-bond donors (Lipinski definition) is 1. The number of nitrogens with zero attached hydrogens (tertiary/aromatic N) is 2. The Balaban J connectivity index is 2.23. The van der Waals surface area contributed by atoms with Gasteiger partial charge in [0.15, 0.2) is 0 Å². The van der Waals surface area contributed by atoms with Crippen LogP contribution >= 0.6 is 15.9 Å². The van der Waals surface area contributed by atoms with Crippen molar-refractivity contribution in [3.05, 3.63) is 46.8 Å². The van der Waals surface area contributed by atoms with Gasteiger partial charge in [-0.05, 0) is 35.1 Å². The lowest BCUT2D eigenvalue weighted by Crippen LogP contribution is -2.07. The molecule has 4 nitrogen and oxygen atoms in total. The van der Waals surface area contributed by atoms with E-state index in [0.717, 1.165) is 10.0 Å². The lowest BCUT2D eigenvalue weighted by molar-refractivity contribution is 0.452. The van der Waals surface area contributed by atoms with Crippen LogP contribution in [0.3, 0.4) is 0 Å². The third-order valence-corrected chi connectivity index (χ3v) is 2.55. The number of rotatable bonds is 4. The molecule has 0 spiro atoms. The van der Waals surface area contributed by atoms with Gasteiger partial charge in [-0.15, -0.1) is 0 Å². The van der Waals surface area contributed by atoms with Gasteiger partial charge in [-0.3, -0.25) is 4.98 Å². The molecule has 0 aliphatic heterocycles. The summed E-state index contributed by atoms with van der Waals surface area (Å²) in [6.07, 6.45) is 5.07. The quantitative estimate of drug-likeness (QED) is 0.942. The summed E-state index contributed by atoms with van der Waals surface area (Å²) in [6, 6.07) is 5.72. The van der Waals surface area contributed by atoms with Crippen LogP contribution in [0.1, 0.15) is 5.56 Å². The molecule has 5 heteroatoms. The normalized spacial score (nSPS) is 10.2. The number of nitrogens with one attached hydrogen (secondary N) is 1. The molecule has 0 saturated heterocycles. The van der Waals surface area contributed by atoms with Crippen LogP contribution in [0, 0.1) is 0 Å². The van der Waals surface area contributed by atoms with E-state index in [1.54, 1.807) is 18.6 Å². The Kier molecular flexibility index (Phi) is 4.06. The molecule has 0 unspecified atom stereocenters. The second-order valence-electron chi connectivity index (χ2n) is 3.44. The first kappa shape index (κ1) is 12.0. The fourth-order valence-electron chi connectivity index (χ4n) is 1.40. The second kappa shape index (κ2) is 5.75. The van der Waals surface area contributed by atoms with Crippen molar-refractivity contribution in [1.29, 1.82) is 0 Å². The number of ether oxygens (including phenoxy) is 1. The van der Waals surface area contributed by atoms with Crippen molar-refractivity contribution in [3.63, 3.8) is 0 Å². The molecule has 0 aromatic carbocycles. The van der Waals surface area contributed by atoms with E-state index in [9.17, 15) is 0 Å². The molecule has 88 valence electrons. The van der Waals surface area contributed by atoms with Gasteiger partial charge in [0.05, 0.1) is 6.20 Å². The molecule has 17 heavy (non-hydrogen) atoms. The average molecular weight is 294 g/mol. The first-order chi connectivity index (χ1) is 8.29. The zero-order valence-electron chi connectivity index (χ0n) is 9.35. The molecule has 0 bridgehead atoms. The topological polar surface area (TPSA) is 47.0 Å². The zero-order chi connectivity index (χ0) is 12.1. The SMILES string of the molecule is CNCc1cccnc1Oc1cncc(Br)c1. The van der Waals surface area contributed by atoms with Crippen LogP contribution < -0.4 is 10.1 Å². The molecule has 0 amide bonds. The van der Waals surface area contributed by atoms with Crippen LogP contribution in [-0.2, 0) is 6.54 Å². The fraction of sp³-hybridized carbons (Fsp3) is 0.167. The third kappa shape index (κ3) is 3.25. The first-order valence-corrected chi connectivity index (χ1v) is 5.96. The van der Waals surface area contributed by atoms with Gasteiger partial charge in [0, 0.05) is 29.0 Å². The van der Waals surface area contributed by atoms with E-state index >= 15 is 0 Å². The molecule has 0 atom stereocenters. The summed E-state index contributed by atoms with van der Waals surface area (Å²) < 4.78 is 6.58. The molecule has 0 radical (unpaired) electrons. The Morgan fingerprint density at radius 2 is 2.29 bits per heavy atom. The Morgan fingerprint density at radius 3 is 3.06 bits per heavy atom. The smallest absolute Gasteiger partial charge is 0.223 e. The molecule has 0 fully saturated rings. The summed E-state index contributed by atoms with van der Waals surface area (Å²) in [4.78, 5) is 8.26. The van der Waals surface area contributed by atoms with Crippen molar-refractivity contribution in [2.75, 3.05) is 7.05 Å². The predicted octanol–water partition coefficient (Wildman–Crippen LogP) is 2.75. The molecule has 2 rings (SSSR count). The molecule has 2 aromatic rings. The summed E-state index contributed by atoms with van der Waals surface area (Å²) in [6.45, 7) is 0.713. The van der Waals surface area contributed by atoms with Crippen LogP contribution in [0.4, 0.5) is 0 Å². The van der Waals surface area contributed by atoms with Gasteiger partial charge < -0.3 is 10.1 Å². The van der Waals surface area contributed by atoms with Crippen molar-refractivity contribution in [3.8, 4) is 11.6 Å². The van der Waals surface area contributed by atoms with Gasteiger partial charge >= 0.3 is 0 Å². The highest BCUT2D eigenvalue weighted by Crippen LogP contribution is 2.24. The standard InChI is InChI=1S/C12H12BrN3O/c1-14-6-9-3-2-4-16-12(9)17-11-5-10(13)7-15-8-11/h2-5,7-8,14H,6H2,1H3. The predicted molar refractivity (Wildman–Crippen MR) is 69.0 cm³/mol. The highest BCUT2D eigenvalue weighted by atomic mass is 79.9.